The Kier molecular flexibility index (Phi) is 5.49. The minimum atomic E-state index is -0.0998. The molecular weight excluding hydrogens is 360 g/mol. The molecule has 150 valence electrons. The van der Waals surface area contributed by atoms with Gasteiger partial charge in [-0.15, -0.1) is 0 Å². The Hall–Kier alpha value is -2.92. The fourth-order valence-corrected chi connectivity index (χ4v) is 3.86. The van der Waals surface area contributed by atoms with Crippen LogP contribution in [-0.2, 0) is 24.2 Å². The quantitative estimate of drug-likeness (QED) is 0.704. The van der Waals surface area contributed by atoms with Gasteiger partial charge in [-0.2, -0.15) is 5.10 Å². The minimum absolute atomic E-state index is 0.0306. The van der Waals surface area contributed by atoms with Gasteiger partial charge in [0.05, 0.1) is 18.3 Å². The van der Waals surface area contributed by atoms with Gasteiger partial charge in [0.25, 0.3) is 0 Å². The molecule has 0 bridgehead atoms. The molecule has 1 aliphatic rings. The molecule has 0 saturated carbocycles. The number of fused-ring (bicyclic) bond motifs is 1. The molecule has 5 heteroatoms. The summed E-state index contributed by atoms with van der Waals surface area (Å²) in [6.45, 7) is 6.98. The number of para-hydroxylation sites is 1. The first-order chi connectivity index (χ1) is 14.0. The van der Waals surface area contributed by atoms with E-state index in [0.717, 1.165) is 30.8 Å². The molecule has 0 unspecified atom stereocenters. The van der Waals surface area contributed by atoms with Crippen LogP contribution < -0.4 is 5.32 Å². The van der Waals surface area contributed by atoms with E-state index < -0.39 is 0 Å². The van der Waals surface area contributed by atoms with E-state index in [1.807, 2.05) is 36.5 Å². The van der Waals surface area contributed by atoms with Gasteiger partial charge in [-0.1, -0.05) is 42.5 Å². The summed E-state index contributed by atoms with van der Waals surface area (Å²) in [6, 6.07) is 18.6. The molecule has 0 spiro atoms. The number of nitrogens with one attached hydrogen (secondary N) is 1. The molecule has 1 aromatic heterocycles. The van der Waals surface area contributed by atoms with Gasteiger partial charge in [0, 0.05) is 31.4 Å². The van der Waals surface area contributed by atoms with Gasteiger partial charge in [0.2, 0.25) is 5.91 Å². The first-order valence-electron chi connectivity index (χ1n) is 10.2. The van der Waals surface area contributed by atoms with Crippen molar-refractivity contribution in [1.82, 2.24) is 20.0 Å². The zero-order valence-corrected chi connectivity index (χ0v) is 17.1. The Labute approximate surface area is 172 Å². The van der Waals surface area contributed by atoms with Gasteiger partial charge in [-0.25, -0.2) is 4.68 Å². The molecule has 0 aliphatic carbocycles. The molecule has 1 aliphatic heterocycles. The zero-order chi connectivity index (χ0) is 20.3. The summed E-state index contributed by atoms with van der Waals surface area (Å²) in [7, 11) is 0. The number of rotatable bonds is 6. The number of hydrogen-bond donors (Lipinski definition) is 1. The third kappa shape index (κ3) is 4.57. The van der Waals surface area contributed by atoms with Gasteiger partial charge < -0.3 is 5.32 Å². The molecule has 1 amide bonds. The van der Waals surface area contributed by atoms with E-state index in [9.17, 15) is 4.79 Å². The number of benzene rings is 2. The standard InChI is InChI=1S/C24H28N4O/c1-24(2,27-13-12-20-8-6-7-9-21(20)17-27)18-25-23(29)14-19-15-26-28(16-19)22-10-4-3-5-11-22/h3-11,15-16H,12-14,17-18H2,1-2H3,(H,25,29). The van der Waals surface area contributed by atoms with Crippen LogP contribution >= 0.6 is 0 Å². The Morgan fingerprint density at radius 3 is 2.59 bits per heavy atom. The highest BCUT2D eigenvalue weighted by atomic mass is 16.1. The second-order valence-corrected chi connectivity index (χ2v) is 8.33. The maximum atomic E-state index is 12.5. The molecule has 0 radical (unpaired) electrons. The molecule has 0 saturated heterocycles. The van der Waals surface area contributed by atoms with Crippen molar-refractivity contribution in [2.24, 2.45) is 0 Å². The fourth-order valence-electron chi connectivity index (χ4n) is 3.86. The van der Waals surface area contributed by atoms with E-state index in [4.69, 9.17) is 0 Å². The smallest absolute Gasteiger partial charge is 0.224 e. The molecule has 5 nitrogen and oxygen atoms in total. The van der Waals surface area contributed by atoms with Crippen LogP contribution in [0.4, 0.5) is 0 Å². The van der Waals surface area contributed by atoms with Gasteiger partial charge >= 0.3 is 0 Å². The lowest BCUT2D eigenvalue weighted by Gasteiger charge is -2.41. The van der Waals surface area contributed by atoms with Crippen LogP contribution in [0.1, 0.15) is 30.5 Å². The van der Waals surface area contributed by atoms with E-state index in [-0.39, 0.29) is 11.4 Å². The number of amides is 1. The number of hydrogen-bond acceptors (Lipinski definition) is 3. The summed E-state index contributed by atoms with van der Waals surface area (Å²) < 4.78 is 1.80. The maximum Gasteiger partial charge on any atom is 0.224 e. The van der Waals surface area contributed by atoms with E-state index in [2.05, 4.69) is 53.4 Å². The summed E-state index contributed by atoms with van der Waals surface area (Å²) in [5.41, 5.74) is 4.64. The summed E-state index contributed by atoms with van der Waals surface area (Å²) in [6.07, 6.45) is 5.08. The Bertz CT molecular complexity index is 977. The summed E-state index contributed by atoms with van der Waals surface area (Å²) in [4.78, 5) is 15.0. The van der Waals surface area contributed by atoms with Crippen LogP contribution in [0.5, 0.6) is 0 Å². The van der Waals surface area contributed by atoms with Gasteiger partial charge in [-0.3, -0.25) is 9.69 Å². The van der Waals surface area contributed by atoms with E-state index in [1.165, 1.54) is 11.1 Å². The lowest BCUT2D eigenvalue weighted by Crippen LogP contribution is -2.53. The molecule has 0 fully saturated rings. The molecule has 0 atom stereocenters. The second-order valence-electron chi connectivity index (χ2n) is 8.33. The molecule has 2 aromatic carbocycles. The van der Waals surface area contributed by atoms with Crippen LogP contribution in [-0.4, -0.2) is 39.2 Å². The Balaban J connectivity index is 1.32. The lowest BCUT2D eigenvalue weighted by molar-refractivity contribution is -0.121. The van der Waals surface area contributed by atoms with Crippen molar-refractivity contribution in [1.29, 1.82) is 0 Å². The monoisotopic (exact) mass is 388 g/mol. The van der Waals surface area contributed by atoms with E-state index in [1.54, 1.807) is 10.9 Å². The first-order valence-corrected chi connectivity index (χ1v) is 10.2. The highest BCUT2D eigenvalue weighted by Crippen LogP contribution is 2.25. The van der Waals surface area contributed by atoms with Gasteiger partial charge in [0.15, 0.2) is 0 Å². The van der Waals surface area contributed by atoms with Crippen molar-refractivity contribution in [2.75, 3.05) is 13.1 Å². The average molecular weight is 389 g/mol. The predicted molar refractivity (Wildman–Crippen MR) is 115 cm³/mol. The number of carbonyl (C=O) groups is 1. The van der Waals surface area contributed by atoms with E-state index >= 15 is 0 Å². The normalized spacial score (nSPS) is 14.4. The van der Waals surface area contributed by atoms with Crippen LogP contribution in [0.3, 0.4) is 0 Å². The third-order valence-electron chi connectivity index (χ3n) is 5.73. The lowest BCUT2D eigenvalue weighted by atomic mass is 9.94. The molecule has 1 N–H and O–H groups in total. The summed E-state index contributed by atoms with van der Waals surface area (Å²) in [5.74, 6) is 0.0306. The zero-order valence-electron chi connectivity index (χ0n) is 17.1. The largest absolute Gasteiger partial charge is 0.354 e. The highest BCUT2D eigenvalue weighted by molar-refractivity contribution is 5.78. The fraction of sp³-hybridized carbons (Fsp3) is 0.333. The van der Waals surface area contributed by atoms with Crippen molar-refractivity contribution in [2.45, 2.75) is 38.8 Å². The number of aromatic nitrogens is 2. The van der Waals surface area contributed by atoms with Crippen molar-refractivity contribution in [3.63, 3.8) is 0 Å². The van der Waals surface area contributed by atoms with Crippen LogP contribution in [0.25, 0.3) is 5.69 Å². The Morgan fingerprint density at radius 1 is 1.07 bits per heavy atom. The second kappa shape index (κ2) is 8.21. The van der Waals surface area contributed by atoms with Gasteiger partial charge in [0.1, 0.15) is 0 Å². The molecular formula is C24H28N4O. The minimum Gasteiger partial charge on any atom is -0.354 e. The van der Waals surface area contributed by atoms with Crippen LogP contribution in [0.15, 0.2) is 67.0 Å². The molecule has 29 heavy (non-hydrogen) atoms. The molecule has 2 heterocycles. The summed E-state index contributed by atoms with van der Waals surface area (Å²) >= 11 is 0. The summed E-state index contributed by atoms with van der Waals surface area (Å²) in [5, 5.41) is 7.50. The van der Waals surface area contributed by atoms with Crippen molar-refractivity contribution in [3.8, 4) is 5.69 Å². The van der Waals surface area contributed by atoms with Crippen LogP contribution in [0, 0.1) is 0 Å². The molecule has 4 rings (SSSR count). The third-order valence-corrected chi connectivity index (χ3v) is 5.73. The molecule has 3 aromatic rings. The van der Waals surface area contributed by atoms with Crippen molar-refractivity contribution < 1.29 is 4.79 Å². The maximum absolute atomic E-state index is 12.5. The SMILES string of the molecule is CC(C)(CNC(=O)Cc1cnn(-c2ccccc2)c1)N1CCc2ccccc2C1. The first kappa shape index (κ1) is 19.4. The van der Waals surface area contributed by atoms with Crippen molar-refractivity contribution in [3.05, 3.63) is 83.7 Å². The van der Waals surface area contributed by atoms with Crippen LogP contribution in [0.2, 0.25) is 0 Å². The topological polar surface area (TPSA) is 50.2 Å². The number of nitrogens with zero attached hydrogens (tertiary/aromatic N) is 3. The Morgan fingerprint density at radius 2 is 1.79 bits per heavy atom. The average Bonchev–Trinajstić information content (AvgIpc) is 3.21. The van der Waals surface area contributed by atoms with Crippen molar-refractivity contribution >= 4 is 5.91 Å². The van der Waals surface area contributed by atoms with E-state index in [0.29, 0.717) is 13.0 Å². The number of carbonyl (C=O) groups excluding carboxylic acids is 1. The highest BCUT2D eigenvalue weighted by Gasteiger charge is 2.30. The predicted octanol–water partition coefficient (Wildman–Crippen LogP) is 3.37. The van der Waals surface area contributed by atoms with Gasteiger partial charge in [-0.05, 0) is 49.1 Å².